The van der Waals surface area contributed by atoms with Crippen molar-refractivity contribution >= 4 is 76.4 Å². The summed E-state index contributed by atoms with van der Waals surface area (Å²) in [5.41, 5.74) is 12.0. The van der Waals surface area contributed by atoms with Gasteiger partial charge in [0.15, 0.2) is 11.2 Å². The Morgan fingerprint density at radius 2 is 0.818 bits per heavy atom. The fourth-order valence-electron chi connectivity index (χ4n) is 8.94. The second-order valence-electron chi connectivity index (χ2n) is 14.3. The van der Waals surface area contributed by atoms with Gasteiger partial charge in [-0.15, -0.1) is 0 Å². The van der Waals surface area contributed by atoms with Crippen LogP contribution in [0.1, 0.15) is 0 Å². The fraction of sp³-hybridized carbons (Fsp3) is 0. The molecule has 3 heteroatoms. The van der Waals surface area contributed by atoms with Gasteiger partial charge in [0.1, 0.15) is 22.5 Å². The summed E-state index contributed by atoms with van der Waals surface area (Å²) in [7, 11) is 0. The van der Waals surface area contributed by atoms with Gasteiger partial charge in [0.05, 0.1) is 0 Å². The van der Waals surface area contributed by atoms with Gasteiger partial charge in [-0.3, -0.25) is 0 Å². The Morgan fingerprint density at radius 1 is 0.273 bits per heavy atom. The predicted octanol–water partition coefficient (Wildman–Crippen LogP) is 15.2. The van der Waals surface area contributed by atoms with Crippen molar-refractivity contribution in [1.82, 2.24) is 0 Å². The molecule has 0 fully saturated rings. The third-order valence-electron chi connectivity index (χ3n) is 11.3. The van der Waals surface area contributed by atoms with E-state index in [4.69, 9.17) is 13.3 Å². The minimum atomic E-state index is 0.753. The summed E-state index contributed by atoms with van der Waals surface area (Å²) < 4.78 is 20.1. The molecule has 3 heterocycles. The molecular weight excluding hydrogens is 673 g/mol. The number of benzene rings is 9. The van der Waals surface area contributed by atoms with Crippen molar-refractivity contribution in [3.8, 4) is 44.7 Å². The standard InChI is InChI=1S/C52H30O3/c1-3-14-31(15-4-1)47-41-28-29-42-49-40(23-13-25-44(49)54-51(42)52(41)55-50(47)32-16-5-2-6-17-32)48-38-21-9-7-19-36(38)46(37-20-8-10-22-39(37)48)33-26-27-35-34-18-11-12-24-43(34)53-45(35)30-33/h1-30H. The minimum absolute atomic E-state index is 0.753. The van der Waals surface area contributed by atoms with E-state index in [-0.39, 0.29) is 0 Å². The van der Waals surface area contributed by atoms with Crippen LogP contribution in [-0.2, 0) is 0 Å². The SMILES string of the molecule is c1ccc(-c2oc3c(ccc4c3oc3cccc(-c5c6ccccc6c(-c6ccc7c(c6)oc6ccccc67)c6ccccc56)c34)c2-c2ccccc2)cc1. The van der Waals surface area contributed by atoms with Crippen molar-refractivity contribution in [2.24, 2.45) is 0 Å². The highest BCUT2D eigenvalue weighted by atomic mass is 16.4. The third-order valence-corrected chi connectivity index (χ3v) is 11.3. The van der Waals surface area contributed by atoms with Crippen molar-refractivity contribution in [3.05, 3.63) is 182 Å². The molecule has 256 valence electrons. The third kappa shape index (κ3) is 4.38. The fourth-order valence-corrected chi connectivity index (χ4v) is 8.94. The second kappa shape index (κ2) is 11.6. The summed E-state index contributed by atoms with van der Waals surface area (Å²) >= 11 is 0. The summed E-state index contributed by atoms with van der Waals surface area (Å²) in [6, 6.07) is 64.1. The molecule has 12 rings (SSSR count). The van der Waals surface area contributed by atoms with Gasteiger partial charge in [-0.25, -0.2) is 0 Å². The van der Waals surface area contributed by atoms with Crippen LogP contribution in [-0.4, -0.2) is 0 Å². The zero-order valence-electron chi connectivity index (χ0n) is 29.5. The lowest BCUT2D eigenvalue weighted by atomic mass is 9.85. The summed E-state index contributed by atoms with van der Waals surface area (Å²) in [5.74, 6) is 0.836. The van der Waals surface area contributed by atoms with Crippen molar-refractivity contribution in [2.45, 2.75) is 0 Å². The normalized spacial score (nSPS) is 12.0. The smallest absolute Gasteiger partial charge is 0.178 e. The zero-order chi connectivity index (χ0) is 36.0. The Balaban J connectivity index is 1.14. The number of rotatable bonds is 4. The van der Waals surface area contributed by atoms with Crippen LogP contribution >= 0.6 is 0 Å². The first-order chi connectivity index (χ1) is 27.3. The predicted molar refractivity (Wildman–Crippen MR) is 228 cm³/mol. The molecule has 0 bridgehead atoms. The Bertz CT molecular complexity index is 3420. The molecule has 0 aliphatic heterocycles. The van der Waals surface area contributed by atoms with Crippen molar-refractivity contribution in [1.29, 1.82) is 0 Å². The van der Waals surface area contributed by atoms with Crippen LogP contribution in [0.25, 0.3) is 121 Å². The Labute approximate surface area is 315 Å². The molecule has 0 saturated heterocycles. The molecule has 0 aliphatic carbocycles. The van der Waals surface area contributed by atoms with Gasteiger partial charge < -0.3 is 13.3 Å². The van der Waals surface area contributed by atoms with Gasteiger partial charge in [0.25, 0.3) is 0 Å². The van der Waals surface area contributed by atoms with Gasteiger partial charge in [-0.05, 0) is 85.8 Å². The first kappa shape index (κ1) is 30.1. The summed E-state index contributed by atoms with van der Waals surface area (Å²) in [6.07, 6.45) is 0. The number of para-hydroxylation sites is 1. The maximum atomic E-state index is 6.88. The molecule has 12 aromatic rings. The second-order valence-corrected chi connectivity index (χ2v) is 14.3. The van der Waals surface area contributed by atoms with Gasteiger partial charge in [-0.2, -0.15) is 0 Å². The van der Waals surface area contributed by atoms with E-state index in [1.54, 1.807) is 0 Å². The van der Waals surface area contributed by atoms with Crippen molar-refractivity contribution in [3.63, 3.8) is 0 Å². The van der Waals surface area contributed by atoms with Crippen LogP contribution < -0.4 is 0 Å². The lowest BCUT2D eigenvalue weighted by Crippen LogP contribution is -1.91. The molecule has 9 aromatic carbocycles. The van der Waals surface area contributed by atoms with E-state index in [1.165, 1.54) is 32.7 Å². The molecule has 0 N–H and O–H groups in total. The average Bonchev–Trinajstić information content (AvgIpc) is 3.95. The number of hydrogen-bond acceptors (Lipinski definition) is 3. The van der Waals surface area contributed by atoms with Crippen LogP contribution in [0.2, 0.25) is 0 Å². The Morgan fingerprint density at radius 3 is 1.55 bits per heavy atom. The van der Waals surface area contributed by atoms with Crippen molar-refractivity contribution in [2.75, 3.05) is 0 Å². The molecule has 3 aromatic heterocycles. The van der Waals surface area contributed by atoms with E-state index < -0.39 is 0 Å². The summed E-state index contributed by atoms with van der Waals surface area (Å²) in [6.45, 7) is 0. The summed E-state index contributed by atoms with van der Waals surface area (Å²) in [4.78, 5) is 0. The maximum absolute atomic E-state index is 6.88. The van der Waals surface area contributed by atoms with Crippen LogP contribution in [0, 0.1) is 0 Å². The largest absolute Gasteiger partial charge is 0.456 e. The van der Waals surface area contributed by atoms with Crippen LogP contribution in [0.5, 0.6) is 0 Å². The molecule has 55 heavy (non-hydrogen) atoms. The molecule has 0 amide bonds. The molecule has 0 radical (unpaired) electrons. The molecule has 0 unspecified atom stereocenters. The molecule has 0 spiro atoms. The topological polar surface area (TPSA) is 39.4 Å². The van der Waals surface area contributed by atoms with E-state index in [2.05, 4.69) is 158 Å². The highest BCUT2D eigenvalue weighted by Crippen LogP contribution is 2.50. The lowest BCUT2D eigenvalue weighted by Gasteiger charge is -2.18. The van der Waals surface area contributed by atoms with Crippen LogP contribution in [0.15, 0.2) is 195 Å². The van der Waals surface area contributed by atoms with E-state index >= 15 is 0 Å². The number of hydrogen-bond donors (Lipinski definition) is 0. The van der Waals surface area contributed by atoms with Crippen LogP contribution in [0.3, 0.4) is 0 Å². The molecule has 0 saturated carbocycles. The Kier molecular flexibility index (Phi) is 6.34. The quantitative estimate of drug-likeness (QED) is 0.171. The van der Waals surface area contributed by atoms with E-state index in [0.29, 0.717) is 0 Å². The number of fused-ring (bicyclic) bond motifs is 10. The molecular formula is C52H30O3. The highest BCUT2D eigenvalue weighted by Gasteiger charge is 2.25. The summed E-state index contributed by atoms with van der Waals surface area (Å²) in [5, 5.41) is 10.1. The lowest BCUT2D eigenvalue weighted by molar-refractivity contribution is 0.612. The van der Waals surface area contributed by atoms with Gasteiger partial charge >= 0.3 is 0 Å². The Hall–Kier alpha value is -7.36. The molecule has 0 aliphatic rings. The van der Waals surface area contributed by atoms with Crippen LogP contribution in [0.4, 0.5) is 0 Å². The van der Waals surface area contributed by atoms with Gasteiger partial charge in [0.2, 0.25) is 0 Å². The zero-order valence-corrected chi connectivity index (χ0v) is 29.5. The average molecular weight is 703 g/mol. The molecule has 0 atom stereocenters. The number of furan rings is 3. The van der Waals surface area contributed by atoms with Crippen molar-refractivity contribution < 1.29 is 13.3 Å². The van der Waals surface area contributed by atoms with E-state index in [9.17, 15) is 0 Å². The van der Waals surface area contributed by atoms with E-state index in [1.807, 2.05) is 24.3 Å². The van der Waals surface area contributed by atoms with Gasteiger partial charge in [-0.1, -0.05) is 146 Å². The monoisotopic (exact) mass is 702 g/mol. The first-order valence-electron chi connectivity index (χ1n) is 18.7. The van der Waals surface area contributed by atoms with E-state index in [0.717, 1.165) is 88.4 Å². The first-order valence-corrected chi connectivity index (χ1v) is 18.7. The highest BCUT2D eigenvalue weighted by molar-refractivity contribution is 6.27. The maximum Gasteiger partial charge on any atom is 0.178 e. The molecule has 3 nitrogen and oxygen atoms in total. The van der Waals surface area contributed by atoms with Gasteiger partial charge in [0, 0.05) is 38.1 Å². The minimum Gasteiger partial charge on any atom is -0.456 e.